The van der Waals surface area contributed by atoms with Crippen LogP contribution < -0.4 is 4.90 Å². The van der Waals surface area contributed by atoms with Crippen LogP contribution in [0.25, 0.3) is 38.8 Å². The SMILES string of the molecule is Cc1ccc2c(-c3cnn4cc(-c5ccc(N6C(C)CN(C(=O)OC(C)(C)C)CC6C)cc5)cnc34)cccc2n1. The Bertz CT molecular complexity index is 1730. The first-order chi connectivity index (χ1) is 19.6. The number of aromatic nitrogens is 4. The van der Waals surface area contributed by atoms with E-state index in [1.165, 1.54) is 0 Å². The predicted octanol–water partition coefficient (Wildman–Crippen LogP) is 6.75. The Morgan fingerprint density at radius 2 is 1.63 bits per heavy atom. The number of hydrogen-bond donors (Lipinski definition) is 0. The minimum Gasteiger partial charge on any atom is -0.444 e. The van der Waals surface area contributed by atoms with Gasteiger partial charge in [-0.3, -0.25) is 4.98 Å². The van der Waals surface area contributed by atoms with E-state index in [1.807, 2.05) is 73.9 Å². The van der Waals surface area contributed by atoms with E-state index in [0.29, 0.717) is 13.1 Å². The van der Waals surface area contributed by atoms with Crippen LogP contribution in [0.2, 0.25) is 0 Å². The summed E-state index contributed by atoms with van der Waals surface area (Å²) in [4.78, 5) is 26.4. The summed E-state index contributed by atoms with van der Waals surface area (Å²) >= 11 is 0. The lowest BCUT2D eigenvalue weighted by Crippen LogP contribution is -2.58. The lowest BCUT2D eigenvalue weighted by atomic mass is 10.0. The molecule has 0 spiro atoms. The molecular weight excluding hydrogens is 512 g/mol. The average molecular weight is 549 g/mol. The van der Waals surface area contributed by atoms with Crippen molar-refractivity contribution < 1.29 is 9.53 Å². The third-order valence-corrected chi connectivity index (χ3v) is 7.59. The molecule has 5 aromatic rings. The van der Waals surface area contributed by atoms with E-state index in [9.17, 15) is 4.79 Å². The molecule has 0 N–H and O–H groups in total. The molecule has 2 atom stereocenters. The van der Waals surface area contributed by atoms with Crippen LogP contribution >= 0.6 is 0 Å². The highest BCUT2D eigenvalue weighted by molar-refractivity contribution is 5.98. The minimum absolute atomic E-state index is 0.158. The second-order valence-corrected chi connectivity index (χ2v) is 12.0. The molecule has 6 rings (SSSR count). The lowest BCUT2D eigenvalue weighted by Gasteiger charge is -2.45. The number of fused-ring (bicyclic) bond motifs is 2. The Morgan fingerprint density at radius 1 is 0.902 bits per heavy atom. The molecule has 1 amide bonds. The summed E-state index contributed by atoms with van der Waals surface area (Å²) < 4.78 is 7.46. The molecule has 0 aliphatic carbocycles. The molecule has 1 aliphatic heterocycles. The van der Waals surface area contributed by atoms with Gasteiger partial charge in [0.25, 0.3) is 0 Å². The van der Waals surface area contributed by atoms with Crippen LogP contribution in [0.3, 0.4) is 0 Å². The van der Waals surface area contributed by atoms with E-state index < -0.39 is 5.60 Å². The number of ether oxygens (including phenoxy) is 1. The van der Waals surface area contributed by atoms with Gasteiger partial charge in [-0.05, 0) is 76.9 Å². The zero-order chi connectivity index (χ0) is 28.9. The second-order valence-electron chi connectivity index (χ2n) is 12.0. The molecule has 210 valence electrons. The summed E-state index contributed by atoms with van der Waals surface area (Å²) in [7, 11) is 0. The van der Waals surface area contributed by atoms with Crippen molar-refractivity contribution in [2.24, 2.45) is 0 Å². The Labute approximate surface area is 240 Å². The van der Waals surface area contributed by atoms with Crippen molar-refractivity contribution in [1.29, 1.82) is 0 Å². The molecule has 0 saturated carbocycles. The van der Waals surface area contributed by atoms with E-state index >= 15 is 0 Å². The first kappa shape index (κ1) is 26.7. The molecule has 2 aromatic carbocycles. The van der Waals surface area contributed by atoms with Gasteiger partial charge in [-0.2, -0.15) is 5.10 Å². The number of carbonyl (C=O) groups excluding carboxylic acids is 1. The number of piperazine rings is 1. The standard InChI is InChI=1S/C33H36N6O2/c1-21-10-15-28-27(8-7-9-30(28)36-21)29-17-35-38-20-25(16-34-31(29)38)24-11-13-26(14-12-24)39-22(2)18-37(19-23(39)3)32(40)41-33(4,5)6/h7-17,20,22-23H,18-19H2,1-6H3. The first-order valence-corrected chi connectivity index (χ1v) is 14.1. The summed E-state index contributed by atoms with van der Waals surface area (Å²) in [5, 5.41) is 5.73. The largest absolute Gasteiger partial charge is 0.444 e. The summed E-state index contributed by atoms with van der Waals surface area (Å²) in [5.74, 6) is 0. The van der Waals surface area contributed by atoms with Gasteiger partial charge in [-0.1, -0.05) is 30.3 Å². The molecule has 4 heterocycles. The number of benzene rings is 2. The molecule has 2 unspecified atom stereocenters. The van der Waals surface area contributed by atoms with Gasteiger partial charge in [-0.15, -0.1) is 0 Å². The maximum atomic E-state index is 12.7. The zero-order valence-corrected chi connectivity index (χ0v) is 24.5. The quantitative estimate of drug-likeness (QED) is 0.248. The van der Waals surface area contributed by atoms with Crippen LogP contribution in [0, 0.1) is 6.92 Å². The molecule has 8 nitrogen and oxygen atoms in total. The molecule has 41 heavy (non-hydrogen) atoms. The van der Waals surface area contributed by atoms with E-state index in [2.05, 4.69) is 65.2 Å². The Morgan fingerprint density at radius 3 is 2.34 bits per heavy atom. The highest BCUT2D eigenvalue weighted by Crippen LogP contribution is 2.32. The third kappa shape index (κ3) is 5.22. The van der Waals surface area contributed by atoms with E-state index in [4.69, 9.17) is 9.72 Å². The average Bonchev–Trinajstić information content (AvgIpc) is 3.35. The van der Waals surface area contributed by atoms with Gasteiger partial charge in [0.05, 0.1) is 11.7 Å². The monoisotopic (exact) mass is 548 g/mol. The third-order valence-electron chi connectivity index (χ3n) is 7.59. The summed E-state index contributed by atoms with van der Waals surface area (Å²) in [5.41, 5.74) is 7.52. The molecule has 1 saturated heterocycles. The normalized spacial score (nSPS) is 17.8. The number of carbonyl (C=O) groups is 1. The maximum Gasteiger partial charge on any atom is 0.410 e. The summed E-state index contributed by atoms with van der Waals surface area (Å²) in [6.07, 6.45) is 5.57. The van der Waals surface area contributed by atoms with Crippen LogP contribution in [0.1, 0.15) is 40.3 Å². The van der Waals surface area contributed by atoms with E-state index in [-0.39, 0.29) is 18.2 Å². The van der Waals surface area contributed by atoms with Crippen LogP contribution in [-0.4, -0.2) is 61.3 Å². The van der Waals surface area contributed by atoms with Crippen molar-refractivity contribution >= 4 is 28.3 Å². The molecule has 3 aromatic heterocycles. The number of aryl methyl sites for hydroxylation is 1. The van der Waals surface area contributed by atoms with Gasteiger partial charge in [0, 0.05) is 65.5 Å². The number of pyridine rings is 1. The van der Waals surface area contributed by atoms with Gasteiger partial charge in [-0.25, -0.2) is 14.3 Å². The first-order valence-electron chi connectivity index (χ1n) is 14.1. The second kappa shape index (κ2) is 10.2. The highest BCUT2D eigenvalue weighted by Gasteiger charge is 2.34. The number of rotatable bonds is 3. The highest BCUT2D eigenvalue weighted by atomic mass is 16.6. The van der Waals surface area contributed by atoms with Crippen molar-refractivity contribution in [2.45, 2.75) is 59.2 Å². The van der Waals surface area contributed by atoms with Crippen molar-refractivity contribution in [3.63, 3.8) is 0 Å². The fraction of sp³-hybridized carbons (Fsp3) is 0.333. The molecular formula is C33H36N6O2. The van der Waals surface area contributed by atoms with Crippen LogP contribution in [-0.2, 0) is 4.74 Å². The molecule has 1 fully saturated rings. The molecule has 8 heteroatoms. The maximum absolute atomic E-state index is 12.7. The summed E-state index contributed by atoms with van der Waals surface area (Å²) in [6.45, 7) is 13.3. The molecule has 1 aliphatic rings. The van der Waals surface area contributed by atoms with Crippen molar-refractivity contribution in [1.82, 2.24) is 24.5 Å². The molecule has 0 bridgehead atoms. The van der Waals surface area contributed by atoms with Crippen LogP contribution in [0.15, 0.2) is 73.2 Å². The number of anilines is 1. The minimum atomic E-state index is -0.501. The topological polar surface area (TPSA) is 75.9 Å². The fourth-order valence-corrected chi connectivity index (χ4v) is 5.84. The lowest BCUT2D eigenvalue weighted by molar-refractivity contribution is 0.0193. The Kier molecular flexibility index (Phi) is 6.64. The van der Waals surface area contributed by atoms with E-state index in [0.717, 1.165) is 50.2 Å². The van der Waals surface area contributed by atoms with Gasteiger partial charge in [0.15, 0.2) is 5.65 Å². The Balaban J connectivity index is 1.23. The number of amides is 1. The predicted molar refractivity (Wildman–Crippen MR) is 163 cm³/mol. The smallest absolute Gasteiger partial charge is 0.410 e. The van der Waals surface area contributed by atoms with Crippen molar-refractivity contribution in [3.05, 3.63) is 78.9 Å². The molecule has 0 radical (unpaired) electrons. The van der Waals surface area contributed by atoms with Crippen LogP contribution in [0.5, 0.6) is 0 Å². The van der Waals surface area contributed by atoms with E-state index in [1.54, 1.807) is 0 Å². The Hall–Kier alpha value is -4.46. The zero-order valence-electron chi connectivity index (χ0n) is 24.5. The number of nitrogens with zero attached hydrogens (tertiary/aromatic N) is 6. The van der Waals surface area contributed by atoms with Gasteiger partial charge >= 0.3 is 6.09 Å². The fourth-order valence-electron chi connectivity index (χ4n) is 5.84. The van der Waals surface area contributed by atoms with Crippen molar-refractivity contribution in [2.75, 3.05) is 18.0 Å². The summed E-state index contributed by atoms with van der Waals surface area (Å²) in [6, 6.07) is 19.2. The van der Waals surface area contributed by atoms with Crippen LogP contribution in [0.4, 0.5) is 10.5 Å². The van der Waals surface area contributed by atoms with Gasteiger partial charge < -0.3 is 14.5 Å². The van der Waals surface area contributed by atoms with Gasteiger partial charge in [0.2, 0.25) is 0 Å². The number of hydrogen-bond acceptors (Lipinski definition) is 6. The van der Waals surface area contributed by atoms with Gasteiger partial charge in [0.1, 0.15) is 5.60 Å². The van der Waals surface area contributed by atoms with Crippen molar-refractivity contribution in [3.8, 4) is 22.3 Å².